The third kappa shape index (κ3) is 5.90. The van der Waals surface area contributed by atoms with Gasteiger partial charge in [-0.3, -0.25) is 4.57 Å². The van der Waals surface area contributed by atoms with Gasteiger partial charge in [0.1, 0.15) is 28.2 Å². The fourth-order valence-electron chi connectivity index (χ4n) is 10.2. The lowest BCUT2D eigenvalue weighted by Gasteiger charge is -2.42. The van der Waals surface area contributed by atoms with E-state index in [1.54, 1.807) is 0 Å². The fourth-order valence-corrected chi connectivity index (χ4v) is 10.2. The van der Waals surface area contributed by atoms with E-state index in [0.29, 0.717) is 0 Å². The second-order valence-corrected chi connectivity index (χ2v) is 19.4. The summed E-state index contributed by atoms with van der Waals surface area (Å²) < 4.78 is 15.6. The molecule has 7 aromatic carbocycles. The molecule has 0 aliphatic heterocycles. The van der Waals surface area contributed by atoms with Crippen LogP contribution in [0.15, 0.2) is 142 Å². The van der Waals surface area contributed by atoms with Crippen LogP contribution < -0.4 is 0 Å². The van der Waals surface area contributed by atoms with Crippen molar-refractivity contribution in [1.82, 2.24) is 9.55 Å². The molecule has 11 rings (SSSR count). The molecule has 0 amide bonds. The summed E-state index contributed by atoms with van der Waals surface area (Å²) in [5, 5.41) is 4.22. The Morgan fingerprint density at radius 2 is 1.10 bits per heavy atom. The Balaban J connectivity index is 1.06. The minimum Gasteiger partial charge on any atom is -0.456 e. The van der Waals surface area contributed by atoms with E-state index in [4.69, 9.17) is 13.8 Å². The van der Waals surface area contributed by atoms with Crippen LogP contribution in [-0.4, -0.2) is 9.55 Å². The topological polar surface area (TPSA) is 44.1 Å². The number of benzene rings is 7. The Morgan fingerprint density at radius 3 is 1.82 bits per heavy atom. The second kappa shape index (κ2) is 13.6. The average Bonchev–Trinajstić information content (AvgIpc) is 3.95. The minimum absolute atomic E-state index is 0.172. The molecule has 0 unspecified atom stereocenters. The third-order valence-electron chi connectivity index (χ3n) is 13.8. The van der Waals surface area contributed by atoms with Gasteiger partial charge < -0.3 is 8.83 Å². The van der Waals surface area contributed by atoms with Crippen molar-refractivity contribution >= 4 is 54.9 Å². The molecule has 0 radical (unpaired) electrons. The number of hydrogen-bond donors (Lipinski definition) is 0. The van der Waals surface area contributed by atoms with Gasteiger partial charge in [0.05, 0.1) is 22.3 Å². The number of rotatable bonds is 6. The number of nitrogens with zero attached hydrogens (tertiary/aromatic N) is 2. The van der Waals surface area contributed by atoms with Gasteiger partial charge >= 0.3 is 0 Å². The highest BCUT2D eigenvalue weighted by Gasteiger charge is 2.37. The third-order valence-corrected chi connectivity index (χ3v) is 13.8. The summed E-state index contributed by atoms with van der Waals surface area (Å²) in [6.07, 6.45) is 2.43. The van der Waals surface area contributed by atoms with Crippen LogP contribution in [0.4, 0.5) is 0 Å². The summed E-state index contributed by atoms with van der Waals surface area (Å²) in [7, 11) is 0. The molecule has 0 bridgehead atoms. The quantitative estimate of drug-likeness (QED) is 0.168. The first kappa shape index (κ1) is 37.6. The lowest BCUT2D eigenvalue weighted by Crippen LogP contribution is -2.33. The normalized spacial score (nSPS) is 15.0. The highest BCUT2D eigenvalue weighted by molar-refractivity contribution is 6.16. The molecule has 1 aliphatic rings. The van der Waals surface area contributed by atoms with Crippen LogP contribution in [0.5, 0.6) is 0 Å². The van der Waals surface area contributed by atoms with Crippen LogP contribution in [0.1, 0.15) is 102 Å². The number of hydrogen-bond acceptors (Lipinski definition) is 3. The predicted molar refractivity (Wildman–Crippen MR) is 255 cm³/mol. The Hall–Kier alpha value is -6.39. The molecular formula is C57H52N2O2. The van der Waals surface area contributed by atoms with Gasteiger partial charge in [-0.25, -0.2) is 4.98 Å². The van der Waals surface area contributed by atoms with E-state index in [0.717, 1.165) is 66.3 Å². The van der Waals surface area contributed by atoms with Gasteiger partial charge in [-0.2, -0.15) is 0 Å². The summed E-state index contributed by atoms with van der Waals surface area (Å²) in [6.45, 7) is 18.9. The molecule has 61 heavy (non-hydrogen) atoms. The van der Waals surface area contributed by atoms with E-state index in [1.807, 2.05) is 12.1 Å². The summed E-state index contributed by atoms with van der Waals surface area (Å²) in [5.74, 6) is 1.37. The molecule has 0 spiro atoms. The molecule has 0 N–H and O–H groups in total. The first-order valence-corrected chi connectivity index (χ1v) is 22.0. The zero-order valence-corrected chi connectivity index (χ0v) is 36.5. The standard InChI is InChI=1S/C57H52N2O2/c1-33(2)42-28-38(36-22-20-35(21-23-36)37-24-25-46-47(30-37)57(7,8)27-26-56(46,5)6)29-43(34(3)4)53(42)59-49-18-11-10-17-48(49)58-55(59)41-16-13-15-40-45-32-51-44(31-52(45)61-54(40)41)39-14-9-12-19-50(39)60-51/h9-25,28-34H,26-27H2,1-8H3. The van der Waals surface area contributed by atoms with Crippen molar-refractivity contribution < 1.29 is 8.83 Å². The van der Waals surface area contributed by atoms with Gasteiger partial charge in [0.2, 0.25) is 0 Å². The summed E-state index contributed by atoms with van der Waals surface area (Å²) in [6, 6.07) is 48.7. The van der Waals surface area contributed by atoms with Crippen molar-refractivity contribution in [2.45, 2.75) is 90.9 Å². The zero-order chi connectivity index (χ0) is 41.9. The maximum atomic E-state index is 6.88. The number of imidazole rings is 1. The Labute approximate surface area is 357 Å². The van der Waals surface area contributed by atoms with E-state index >= 15 is 0 Å². The van der Waals surface area contributed by atoms with Gasteiger partial charge in [-0.05, 0) is 129 Å². The van der Waals surface area contributed by atoms with Crippen LogP contribution >= 0.6 is 0 Å². The molecule has 0 fully saturated rings. The van der Waals surface area contributed by atoms with Crippen LogP contribution in [0, 0.1) is 0 Å². The molecule has 302 valence electrons. The van der Waals surface area contributed by atoms with E-state index in [-0.39, 0.29) is 22.7 Å². The van der Waals surface area contributed by atoms with Gasteiger partial charge in [0.25, 0.3) is 0 Å². The van der Waals surface area contributed by atoms with Gasteiger partial charge in [0.15, 0.2) is 0 Å². The highest BCUT2D eigenvalue weighted by Crippen LogP contribution is 2.48. The maximum absolute atomic E-state index is 6.88. The first-order chi connectivity index (χ1) is 29.4. The molecule has 0 saturated carbocycles. The Bertz CT molecular complexity index is 3340. The number of aromatic nitrogens is 2. The van der Waals surface area contributed by atoms with Crippen LogP contribution in [-0.2, 0) is 10.8 Å². The number of fused-ring (bicyclic) bond motifs is 8. The molecule has 3 aromatic heterocycles. The van der Waals surface area contributed by atoms with Gasteiger partial charge in [0, 0.05) is 21.5 Å². The van der Waals surface area contributed by atoms with Crippen molar-refractivity contribution in [1.29, 1.82) is 0 Å². The van der Waals surface area contributed by atoms with E-state index in [2.05, 4.69) is 181 Å². The molecule has 3 heterocycles. The van der Waals surface area contributed by atoms with E-state index in [9.17, 15) is 0 Å². The second-order valence-electron chi connectivity index (χ2n) is 19.4. The largest absolute Gasteiger partial charge is 0.456 e. The summed E-state index contributed by atoms with van der Waals surface area (Å²) in [5.41, 5.74) is 18.5. The Kier molecular flexibility index (Phi) is 8.36. The van der Waals surface area contributed by atoms with Gasteiger partial charge in [-0.1, -0.05) is 140 Å². The maximum Gasteiger partial charge on any atom is 0.149 e. The van der Waals surface area contributed by atoms with Crippen molar-refractivity contribution in [2.24, 2.45) is 0 Å². The SMILES string of the molecule is CC(C)c1cc(-c2ccc(-c3ccc4c(c3)C(C)(C)CCC4(C)C)cc2)cc(C(C)C)c1-n1c(-c2cccc3c2oc2cc4c(cc23)oc2ccccc24)nc2ccccc21. The molecule has 4 nitrogen and oxygen atoms in total. The van der Waals surface area contributed by atoms with E-state index in [1.165, 1.54) is 63.0 Å². The number of furan rings is 2. The monoisotopic (exact) mass is 796 g/mol. The molecule has 1 aliphatic carbocycles. The highest BCUT2D eigenvalue weighted by atomic mass is 16.3. The van der Waals surface area contributed by atoms with E-state index < -0.39 is 0 Å². The molecule has 4 heteroatoms. The van der Waals surface area contributed by atoms with Crippen molar-refractivity contribution in [3.8, 4) is 39.3 Å². The molecule has 0 atom stereocenters. The molecule has 10 aromatic rings. The number of para-hydroxylation sites is 4. The van der Waals surface area contributed by atoms with Crippen LogP contribution in [0.3, 0.4) is 0 Å². The fraction of sp³-hybridized carbons (Fsp3) is 0.246. The lowest BCUT2D eigenvalue weighted by molar-refractivity contribution is 0.332. The molecular weight excluding hydrogens is 745 g/mol. The van der Waals surface area contributed by atoms with Crippen molar-refractivity contribution in [2.75, 3.05) is 0 Å². The lowest BCUT2D eigenvalue weighted by atomic mass is 9.63. The minimum atomic E-state index is 0.172. The first-order valence-electron chi connectivity index (χ1n) is 22.0. The van der Waals surface area contributed by atoms with Crippen LogP contribution in [0.2, 0.25) is 0 Å². The van der Waals surface area contributed by atoms with Crippen molar-refractivity contribution in [3.63, 3.8) is 0 Å². The van der Waals surface area contributed by atoms with Crippen molar-refractivity contribution in [3.05, 3.63) is 156 Å². The zero-order valence-electron chi connectivity index (χ0n) is 36.5. The average molecular weight is 797 g/mol. The summed E-state index contributed by atoms with van der Waals surface area (Å²) >= 11 is 0. The summed E-state index contributed by atoms with van der Waals surface area (Å²) in [4.78, 5) is 5.41. The molecule has 0 saturated heterocycles. The van der Waals surface area contributed by atoms with Crippen LogP contribution in [0.25, 0.3) is 94.2 Å². The smallest absolute Gasteiger partial charge is 0.149 e. The predicted octanol–water partition coefficient (Wildman–Crippen LogP) is 16.4. The van der Waals surface area contributed by atoms with Gasteiger partial charge in [-0.15, -0.1) is 0 Å². The Morgan fingerprint density at radius 1 is 0.508 bits per heavy atom.